The van der Waals surface area contributed by atoms with Gasteiger partial charge < -0.3 is 4.90 Å². The van der Waals surface area contributed by atoms with Crippen LogP contribution >= 0.6 is 11.8 Å². The second kappa shape index (κ2) is 7.04. The van der Waals surface area contributed by atoms with Crippen LogP contribution in [0.2, 0.25) is 0 Å². The monoisotopic (exact) mass is 288 g/mol. The van der Waals surface area contributed by atoms with Gasteiger partial charge in [-0.15, -0.1) is 11.8 Å². The lowest BCUT2D eigenvalue weighted by atomic mass is 9.84. The average Bonchev–Trinajstić information content (AvgIpc) is 2.53. The first-order valence-electron chi connectivity index (χ1n) is 7.51. The molecular weight excluding hydrogens is 264 g/mol. The molecule has 20 heavy (non-hydrogen) atoms. The van der Waals surface area contributed by atoms with Crippen molar-refractivity contribution in [3.63, 3.8) is 0 Å². The van der Waals surface area contributed by atoms with E-state index < -0.39 is 0 Å². The van der Waals surface area contributed by atoms with Crippen LogP contribution in [0, 0.1) is 17.2 Å². The molecule has 0 bridgehead atoms. The summed E-state index contributed by atoms with van der Waals surface area (Å²) in [7, 11) is 2.15. The Balaban J connectivity index is 2.18. The predicted octanol–water partition coefficient (Wildman–Crippen LogP) is 4.69. The molecule has 3 heteroatoms. The van der Waals surface area contributed by atoms with Crippen molar-refractivity contribution < 1.29 is 0 Å². The fourth-order valence-electron chi connectivity index (χ4n) is 3.23. The first kappa shape index (κ1) is 15.3. The Morgan fingerprint density at radius 3 is 2.55 bits per heavy atom. The molecule has 1 aromatic rings. The van der Waals surface area contributed by atoms with Gasteiger partial charge in [-0.1, -0.05) is 19.4 Å². The van der Waals surface area contributed by atoms with Crippen LogP contribution in [0.3, 0.4) is 0 Å². The summed E-state index contributed by atoms with van der Waals surface area (Å²) in [6.07, 6.45) is 8.51. The van der Waals surface area contributed by atoms with Crippen molar-refractivity contribution in [2.45, 2.75) is 50.0 Å². The molecule has 1 fully saturated rings. The van der Waals surface area contributed by atoms with Gasteiger partial charge in [-0.25, -0.2) is 0 Å². The van der Waals surface area contributed by atoms with Gasteiger partial charge in [0.25, 0.3) is 0 Å². The topological polar surface area (TPSA) is 27.0 Å². The maximum absolute atomic E-state index is 9.47. The molecule has 0 atom stereocenters. The van der Waals surface area contributed by atoms with Crippen LogP contribution in [0.15, 0.2) is 23.1 Å². The molecule has 1 aromatic carbocycles. The van der Waals surface area contributed by atoms with E-state index in [1.165, 1.54) is 32.1 Å². The summed E-state index contributed by atoms with van der Waals surface area (Å²) in [6.45, 7) is 2.30. The largest absolute Gasteiger partial charge is 0.371 e. The number of anilines is 1. The average molecular weight is 288 g/mol. The molecule has 0 aromatic heterocycles. The van der Waals surface area contributed by atoms with Gasteiger partial charge >= 0.3 is 0 Å². The van der Waals surface area contributed by atoms with E-state index in [1.54, 1.807) is 11.8 Å². The Bertz CT molecular complexity index is 484. The van der Waals surface area contributed by atoms with Crippen molar-refractivity contribution in [3.05, 3.63) is 23.8 Å². The minimum absolute atomic E-state index is 0.585. The van der Waals surface area contributed by atoms with Crippen LogP contribution in [0.5, 0.6) is 0 Å². The van der Waals surface area contributed by atoms with Gasteiger partial charge in [-0.3, -0.25) is 0 Å². The van der Waals surface area contributed by atoms with Gasteiger partial charge in [-0.05, 0) is 50.0 Å². The number of hydrogen-bond acceptors (Lipinski definition) is 3. The van der Waals surface area contributed by atoms with E-state index in [2.05, 4.69) is 37.1 Å². The highest BCUT2D eigenvalue weighted by Crippen LogP contribution is 2.34. The maximum atomic E-state index is 9.47. The zero-order chi connectivity index (χ0) is 14.5. The van der Waals surface area contributed by atoms with Crippen molar-refractivity contribution >= 4 is 17.4 Å². The molecule has 108 valence electrons. The summed E-state index contributed by atoms with van der Waals surface area (Å²) >= 11 is 1.65. The van der Waals surface area contributed by atoms with E-state index in [0.717, 1.165) is 22.1 Å². The molecule has 2 rings (SSSR count). The minimum Gasteiger partial charge on any atom is -0.371 e. The van der Waals surface area contributed by atoms with E-state index in [1.807, 2.05) is 12.3 Å². The fourth-order valence-corrected chi connectivity index (χ4v) is 3.80. The minimum atomic E-state index is 0.585. The highest BCUT2D eigenvalue weighted by Gasteiger charge is 2.24. The van der Waals surface area contributed by atoms with Crippen LogP contribution in [0.4, 0.5) is 5.69 Å². The van der Waals surface area contributed by atoms with Gasteiger partial charge in [0.1, 0.15) is 6.07 Å². The lowest BCUT2D eigenvalue weighted by Crippen LogP contribution is -2.35. The molecule has 0 unspecified atom stereocenters. The van der Waals surface area contributed by atoms with Crippen molar-refractivity contribution in [1.82, 2.24) is 0 Å². The Morgan fingerprint density at radius 2 is 2.00 bits per heavy atom. The second-order valence-electron chi connectivity index (χ2n) is 5.66. The van der Waals surface area contributed by atoms with Crippen molar-refractivity contribution in [2.75, 3.05) is 18.2 Å². The molecule has 0 spiro atoms. The molecule has 1 aliphatic carbocycles. The molecule has 0 heterocycles. The van der Waals surface area contributed by atoms with Crippen LogP contribution in [-0.4, -0.2) is 19.3 Å². The van der Waals surface area contributed by atoms with Crippen LogP contribution < -0.4 is 4.90 Å². The van der Waals surface area contributed by atoms with E-state index in [9.17, 15) is 5.26 Å². The summed E-state index contributed by atoms with van der Waals surface area (Å²) < 4.78 is 0. The number of nitriles is 1. The zero-order valence-electron chi connectivity index (χ0n) is 12.7. The molecule has 1 saturated carbocycles. The smallest absolute Gasteiger partial charge is 0.103 e. The number of nitrogens with zero attached hydrogens (tertiary/aromatic N) is 2. The van der Waals surface area contributed by atoms with Crippen molar-refractivity contribution in [1.29, 1.82) is 5.26 Å². The van der Waals surface area contributed by atoms with Gasteiger partial charge in [0, 0.05) is 18.0 Å². The predicted molar refractivity (Wildman–Crippen MR) is 87.4 cm³/mol. The fraction of sp³-hybridized carbons (Fsp3) is 0.588. The standard InChI is InChI=1S/C17H24N2S/c1-4-13-8-10-14(11-9-13)19(2)16-6-5-7-17(20-3)15(16)12-18/h5-7,13-14H,4,8-11H2,1-3H3. The Labute approximate surface area is 127 Å². The van der Waals surface area contributed by atoms with Crippen LogP contribution in [0.1, 0.15) is 44.6 Å². The SMILES string of the molecule is CCC1CCC(N(C)c2cccc(SC)c2C#N)CC1. The highest BCUT2D eigenvalue weighted by molar-refractivity contribution is 7.98. The Hall–Kier alpha value is -1.14. The second-order valence-corrected chi connectivity index (χ2v) is 6.51. The molecule has 0 N–H and O–H groups in total. The normalized spacial score (nSPS) is 22.3. The third kappa shape index (κ3) is 3.12. The summed E-state index contributed by atoms with van der Waals surface area (Å²) in [4.78, 5) is 3.42. The quantitative estimate of drug-likeness (QED) is 0.752. The third-order valence-corrected chi connectivity index (χ3v) is 5.44. The van der Waals surface area contributed by atoms with E-state index in [-0.39, 0.29) is 0 Å². The summed E-state index contributed by atoms with van der Waals surface area (Å²) in [6, 6.07) is 9.17. The van der Waals surface area contributed by atoms with Crippen LogP contribution in [0.25, 0.3) is 0 Å². The number of thioether (sulfide) groups is 1. The van der Waals surface area contributed by atoms with Gasteiger partial charge in [0.15, 0.2) is 0 Å². The number of hydrogen-bond donors (Lipinski definition) is 0. The Morgan fingerprint density at radius 1 is 1.30 bits per heavy atom. The number of benzene rings is 1. The van der Waals surface area contributed by atoms with Crippen molar-refractivity contribution in [2.24, 2.45) is 5.92 Å². The maximum Gasteiger partial charge on any atom is 0.103 e. The lowest BCUT2D eigenvalue weighted by Gasteiger charge is -2.36. The third-order valence-electron chi connectivity index (χ3n) is 4.66. The first-order valence-corrected chi connectivity index (χ1v) is 8.73. The van der Waals surface area contributed by atoms with E-state index in [0.29, 0.717) is 6.04 Å². The lowest BCUT2D eigenvalue weighted by molar-refractivity contribution is 0.313. The summed E-state index contributed by atoms with van der Waals surface area (Å²) in [5, 5.41) is 9.47. The molecule has 2 nitrogen and oxygen atoms in total. The van der Waals surface area contributed by atoms with Crippen LogP contribution in [-0.2, 0) is 0 Å². The summed E-state index contributed by atoms with van der Waals surface area (Å²) in [5.41, 5.74) is 1.93. The van der Waals surface area contributed by atoms with Gasteiger partial charge in [0.2, 0.25) is 0 Å². The highest BCUT2D eigenvalue weighted by atomic mass is 32.2. The van der Waals surface area contributed by atoms with Crippen molar-refractivity contribution in [3.8, 4) is 6.07 Å². The summed E-state index contributed by atoms with van der Waals surface area (Å²) in [5.74, 6) is 0.910. The Kier molecular flexibility index (Phi) is 5.37. The molecule has 0 saturated heterocycles. The molecular formula is C17H24N2S. The zero-order valence-corrected chi connectivity index (χ0v) is 13.5. The molecule has 1 aliphatic rings. The van der Waals surface area contributed by atoms with E-state index in [4.69, 9.17) is 0 Å². The van der Waals surface area contributed by atoms with Gasteiger partial charge in [0.05, 0.1) is 11.3 Å². The molecule has 0 aliphatic heterocycles. The molecule has 0 radical (unpaired) electrons. The molecule has 0 amide bonds. The van der Waals surface area contributed by atoms with Gasteiger partial charge in [-0.2, -0.15) is 5.26 Å². The first-order chi connectivity index (χ1) is 9.71. The van der Waals surface area contributed by atoms with E-state index >= 15 is 0 Å². The number of rotatable bonds is 4.